The molecule has 1 saturated heterocycles. The first-order valence-electron chi connectivity index (χ1n) is 6.81. The van der Waals surface area contributed by atoms with Gasteiger partial charge in [0.25, 0.3) is 0 Å². The minimum atomic E-state index is -0.449. The van der Waals surface area contributed by atoms with Gasteiger partial charge in [-0.2, -0.15) is 0 Å². The smallest absolute Gasteiger partial charge is 0.410 e. The Morgan fingerprint density at radius 2 is 1.95 bits per heavy atom. The Balaban J connectivity index is 1.77. The van der Waals surface area contributed by atoms with E-state index >= 15 is 0 Å². The molecule has 0 radical (unpaired) electrons. The molecule has 0 aromatic heterocycles. The van der Waals surface area contributed by atoms with Crippen molar-refractivity contribution in [2.24, 2.45) is 0 Å². The summed E-state index contributed by atoms with van der Waals surface area (Å²) >= 11 is 0. The van der Waals surface area contributed by atoms with Gasteiger partial charge in [-0.05, 0) is 38.5 Å². The third kappa shape index (κ3) is 3.87. The molecule has 0 aliphatic carbocycles. The van der Waals surface area contributed by atoms with Crippen LogP contribution in [-0.2, 0) is 11.3 Å². The number of likely N-dealkylation sites (tertiary alicyclic amines) is 1. The van der Waals surface area contributed by atoms with E-state index in [2.05, 4.69) is 5.32 Å². The van der Waals surface area contributed by atoms with E-state index in [1.165, 1.54) is 0 Å². The SMILES string of the molecule is CC(C)(C)OC(=O)N1CC(Nc2ccc(CO)cc2)C1. The monoisotopic (exact) mass is 278 g/mol. The van der Waals surface area contributed by atoms with Crippen molar-refractivity contribution >= 4 is 11.8 Å². The molecule has 5 nitrogen and oxygen atoms in total. The first-order chi connectivity index (χ1) is 9.37. The lowest BCUT2D eigenvalue weighted by Crippen LogP contribution is -2.57. The minimum absolute atomic E-state index is 0.0517. The van der Waals surface area contributed by atoms with Gasteiger partial charge in [0.05, 0.1) is 12.6 Å². The fraction of sp³-hybridized carbons (Fsp3) is 0.533. The van der Waals surface area contributed by atoms with E-state index in [1.807, 2.05) is 45.0 Å². The second-order valence-electron chi connectivity index (χ2n) is 6.08. The van der Waals surface area contributed by atoms with Gasteiger partial charge in [0.1, 0.15) is 5.60 Å². The summed E-state index contributed by atoms with van der Waals surface area (Å²) in [6.07, 6.45) is -0.258. The molecule has 1 aliphatic heterocycles. The number of hydrogen-bond acceptors (Lipinski definition) is 4. The number of hydrogen-bond donors (Lipinski definition) is 2. The standard InChI is InChI=1S/C15H22N2O3/c1-15(2,3)20-14(19)17-8-13(9-17)16-12-6-4-11(10-18)5-7-12/h4-7,13,16,18H,8-10H2,1-3H3. The highest BCUT2D eigenvalue weighted by Crippen LogP contribution is 2.19. The summed E-state index contributed by atoms with van der Waals surface area (Å²) in [6.45, 7) is 6.94. The molecule has 1 amide bonds. The zero-order chi connectivity index (χ0) is 14.8. The van der Waals surface area contributed by atoms with Crippen LogP contribution < -0.4 is 5.32 Å². The van der Waals surface area contributed by atoms with Gasteiger partial charge in [-0.1, -0.05) is 12.1 Å². The van der Waals surface area contributed by atoms with E-state index in [0.29, 0.717) is 13.1 Å². The van der Waals surface area contributed by atoms with Crippen molar-refractivity contribution in [2.75, 3.05) is 18.4 Å². The number of carbonyl (C=O) groups is 1. The van der Waals surface area contributed by atoms with Crippen molar-refractivity contribution < 1.29 is 14.6 Å². The predicted octanol–water partition coefficient (Wildman–Crippen LogP) is 2.21. The minimum Gasteiger partial charge on any atom is -0.444 e. The van der Waals surface area contributed by atoms with Gasteiger partial charge >= 0.3 is 6.09 Å². The first kappa shape index (κ1) is 14.7. The first-order valence-corrected chi connectivity index (χ1v) is 6.81. The van der Waals surface area contributed by atoms with Crippen LogP contribution >= 0.6 is 0 Å². The normalized spacial score (nSPS) is 15.7. The van der Waals surface area contributed by atoms with Crippen LogP contribution in [0.15, 0.2) is 24.3 Å². The second kappa shape index (κ2) is 5.71. The van der Waals surface area contributed by atoms with E-state index in [-0.39, 0.29) is 18.7 Å². The van der Waals surface area contributed by atoms with Gasteiger partial charge in [-0.15, -0.1) is 0 Å². The molecule has 110 valence electrons. The Morgan fingerprint density at radius 1 is 1.35 bits per heavy atom. The van der Waals surface area contributed by atoms with E-state index < -0.39 is 5.60 Å². The average Bonchev–Trinajstić information content (AvgIpc) is 2.31. The number of aliphatic hydroxyl groups excluding tert-OH is 1. The summed E-state index contributed by atoms with van der Waals surface area (Å²) in [5.41, 5.74) is 1.44. The van der Waals surface area contributed by atoms with Gasteiger partial charge < -0.3 is 20.1 Å². The molecule has 5 heteroatoms. The molecule has 20 heavy (non-hydrogen) atoms. The number of amides is 1. The number of carbonyl (C=O) groups excluding carboxylic acids is 1. The molecule has 1 fully saturated rings. The summed E-state index contributed by atoms with van der Waals surface area (Å²) in [7, 11) is 0. The third-order valence-electron chi connectivity index (χ3n) is 3.04. The summed E-state index contributed by atoms with van der Waals surface area (Å²) in [6, 6.07) is 7.88. The maximum absolute atomic E-state index is 11.8. The summed E-state index contributed by atoms with van der Waals surface area (Å²) in [5.74, 6) is 0. The topological polar surface area (TPSA) is 61.8 Å². The highest BCUT2D eigenvalue weighted by Gasteiger charge is 2.33. The molecule has 2 rings (SSSR count). The van der Waals surface area contributed by atoms with E-state index in [0.717, 1.165) is 11.3 Å². The molecule has 0 unspecified atom stereocenters. The molecule has 1 aromatic rings. The average molecular weight is 278 g/mol. The van der Waals surface area contributed by atoms with Crippen molar-refractivity contribution in [1.29, 1.82) is 0 Å². The molecule has 2 N–H and O–H groups in total. The van der Waals surface area contributed by atoms with Crippen LogP contribution in [0.3, 0.4) is 0 Å². The molecular formula is C15H22N2O3. The number of nitrogens with one attached hydrogen (secondary N) is 1. The largest absolute Gasteiger partial charge is 0.444 e. The number of aliphatic hydroxyl groups is 1. The van der Waals surface area contributed by atoms with Crippen LogP contribution in [0.2, 0.25) is 0 Å². The maximum atomic E-state index is 11.8. The van der Waals surface area contributed by atoms with Crippen LogP contribution in [0.1, 0.15) is 26.3 Å². The summed E-state index contributed by atoms with van der Waals surface area (Å²) < 4.78 is 5.30. The zero-order valence-corrected chi connectivity index (χ0v) is 12.2. The molecular weight excluding hydrogens is 256 g/mol. The van der Waals surface area contributed by atoms with Crippen LogP contribution in [0.5, 0.6) is 0 Å². The van der Waals surface area contributed by atoms with E-state index in [1.54, 1.807) is 4.90 Å². The Labute approximate surface area is 119 Å². The molecule has 0 saturated carbocycles. The number of anilines is 1. The highest BCUT2D eigenvalue weighted by molar-refractivity contribution is 5.69. The zero-order valence-electron chi connectivity index (χ0n) is 12.2. The van der Waals surface area contributed by atoms with Crippen LogP contribution in [-0.4, -0.2) is 40.8 Å². The van der Waals surface area contributed by atoms with Gasteiger partial charge in [-0.3, -0.25) is 0 Å². The number of nitrogens with zero attached hydrogens (tertiary/aromatic N) is 1. The van der Waals surface area contributed by atoms with Crippen molar-refractivity contribution in [3.05, 3.63) is 29.8 Å². The third-order valence-corrected chi connectivity index (χ3v) is 3.04. The molecule has 0 atom stereocenters. The van der Waals surface area contributed by atoms with Gasteiger partial charge in [0, 0.05) is 18.8 Å². The van der Waals surface area contributed by atoms with Gasteiger partial charge in [-0.25, -0.2) is 4.79 Å². The van der Waals surface area contributed by atoms with Crippen molar-refractivity contribution in [3.8, 4) is 0 Å². The Hall–Kier alpha value is -1.75. The Morgan fingerprint density at radius 3 is 2.45 bits per heavy atom. The lowest BCUT2D eigenvalue weighted by atomic mass is 10.1. The fourth-order valence-electron chi connectivity index (χ4n) is 1.99. The molecule has 1 heterocycles. The van der Waals surface area contributed by atoms with Crippen LogP contribution in [0.25, 0.3) is 0 Å². The van der Waals surface area contributed by atoms with E-state index in [9.17, 15) is 4.79 Å². The van der Waals surface area contributed by atoms with E-state index in [4.69, 9.17) is 9.84 Å². The van der Waals surface area contributed by atoms with Crippen molar-refractivity contribution in [2.45, 2.75) is 39.0 Å². The number of rotatable bonds is 3. The molecule has 1 aromatic carbocycles. The second-order valence-corrected chi connectivity index (χ2v) is 6.08. The fourth-order valence-corrected chi connectivity index (χ4v) is 1.99. The van der Waals surface area contributed by atoms with Crippen molar-refractivity contribution in [1.82, 2.24) is 4.90 Å². The van der Waals surface area contributed by atoms with Gasteiger partial charge in [0.15, 0.2) is 0 Å². The maximum Gasteiger partial charge on any atom is 0.410 e. The van der Waals surface area contributed by atoms with Crippen molar-refractivity contribution in [3.63, 3.8) is 0 Å². The number of benzene rings is 1. The lowest BCUT2D eigenvalue weighted by Gasteiger charge is -2.40. The summed E-state index contributed by atoms with van der Waals surface area (Å²) in [4.78, 5) is 13.5. The molecule has 1 aliphatic rings. The Kier molecular flexibility index (Phi) is 4.18. The van der Waals surface area contributed by atoms with Crippen LogP contribution in [0, 0.1) is 0 Å². The number of ether oxygens (including phenoxy) is 1. The highest BCUT2D eigenvalue weighted by atomic mass is 16.6. The Bertz CT molecular complexity index is 459. The quantitative estimate of drug-likeness (QED) is 0.890. The summed E-state index contributed by atoms with van der Waals surface area (Å²) in [5, 5.41) is 12.3. The van der Waals surface area contributed by atoms with Crippen LogP contribution in [0.4, 0.5) is 10.5 Å². The predicted molar refractivity (Wildman–Crippen MR) is 77.6 cm³/mol. The van der Waals surface area contributed by atoms with Gasteiger partial charge in [0.2, 0.25) is 0 Å². The molecule has 0 spiro atoms. The molecule has 0 bridgehead atoms. The lowest BCUT2D eigenvalue weighted by molar-refractivity contribution is 0.0105.